The maximum Gasteiger partial charge on any atom is 0.329 e. The van der Waals surface area contributed by atoms with E-state index < -0.39 is 23.7 Å². The van der Waals surface area contributed by atoms with Crippen LogP contribution in [0.3, 0.4) is 0 Å². The number of thiazole rings is 1. The number of hydrogen-bond donors (Lipinski definition) is 2. The van der Waals surface area contributed by atoms with Gasteiger partial charge in [0, 0.05) is 23.3 Å². The number of rotatable bonds is 12. The first kappa shape index (κ1) is 33.6. The van der Waals surface area contributed by atoms with Gasteiger partial charge in [0.15, 0.2) is 5.12 Å². The highest BCUT2D eigenvalue weighted by Crippen LogP contribution is 2.32. The van der Waals surface area contributed by atoms with Gasteiger partial charge in [-0.15, -0.1) is 23.1 Å². The molecule has 4 bridgehead atoms. The van der Waals surface area contributed by atoms with Crippen LogP contribution in [0.4, 0.5) is 0 Å². The minimum Gasteiger partial charge on any atom is -0.460 e. The first-order chi connectivity index (χ1) is 19.6. The zero-order valence-electron chi connectivity index (χ0n) is 24.7. The fourth-order valence-corrected chi connectivity index (χ4v) is 7.32. The summed E-state index contributed by atoms with van der Waals surface area (Å²) in [4.78, 5) is 60.9. The summed E-state index contributed by atoms with van der Waals surface area (Å²) in [6, 6.07) is -0.863. The molecule has 3 rings (SSSR count). The number of carbonyl (C=O) groups is 4. The van der Waals surface area contributed by atoms with Crippen LogP contribution in [-0.4, -0.2) is 62.1 Å². The number of esters is 1. The first-order valence-corrected chi connectivity index (χ1v) is 17.6. The molecule has 0 saturated heterocycles. The van der Waals surface area contributed by atoms with Gasteiger partial charge in [-0.25, -0.2) is 9.78 Å². The lowest BCUT2D eigenvalue weighted by molar-refractivity contribution is -0.156. The zero-order chi connectivity index (χ0) is 29.8. The summed E-state index contributed by atoms with van der Waals surface area (Å²) in [6.45, 7) is 7.91. The predicted octanol–water partition coefficient (Wildman–Crippen LogP) is 5.26. The molecule has 1 aromatic rings. The lowest BCUT2D eigenvalue weighted by Gasteiger charge is -2.27. The number of ether oxygens (including phenoxy) is 1. The Hall–Kier alpha value is -1.92. The van der Waals surface area contributed by atoms with Crippen LogP contribution < -0.4 is 10.6 Å². The van der Waals surface area contributed by atoms with Gasteiger partial charge in [-0.05, 0) is 38.5 Å². The van der Waals surface area contributed by atoms with E-state index in [2.05, 4.69) is 27.5 Å². The van der Waals surface area contributed by atoms with Crippen molar-refractivity contribution in [3.63, 3.8) is 0 Å². The average Bonchev–Trinajstić information content (AvgIpc) is 3.56. The fraction of sp³-hybridized carbons (Fsp3) is 0.724. The summed E-state index contributed by atoms with van der Waals surface area (Å²) in [7, 11) is 0. The third kappa shape index (κ3) is 10.7. The van der Waals surface area contributed by atoms with Crippen LogP contribution in [0.1, 0.15) is 103 Å². The van der Waals surface area contributed by atoms with E-state index in [1.54, 1.807) is 6.92 Å². The summed E-state index contributed by atoms with van der Waals surface area (Å²) in [6.07, 6.45) is 7.62. The molecule has 0 radical (unpaired) electrons. The summed E-state index contributed by atoms with van der Waals surface area (Å²) < 4.78 is 5.86. The van der Waals surface area contributed by atoms with Crippen molar-refractivity contribution < 1.29 is 23.9 Å². The predicted molar refractivity (Wildman–Crippen MR) is 167 cm³/mol. The fourth-order valence-electron chi connectivity index (χ4n) is 4.53. The van der Waals surface area contributed by atoms with Crippen LogP contribution in [0.25, 0.3) is 0 Å². The SMILES string of the molecule is CCCCCCCC(=O)SCCCCC1CC(=O)NCc2nc(cs2)C2=N[C@@](C)(CS2)C(=O)NC(C(C)C)C(=O)O1. The largest absolute Gasteiger partial charge is 0.460 e. The van der Waals surface area contributed by atoms with Gasteiger partial charge >= 0.3 is 5.97 Å². The van der Waals surface area contributed by atoms with Gasteiger partial charge in [0.25, 0.3) is 0 Å². The zero-order valence-corrected chi connectivity index (χ0v) is 27.1. The lowest BCUT2D eigenvalue weighted by atomic mass is 10.00. The van der Waals surface area contributed by atoms with E-state index >= 15 is 0 Å². The number of aliphatic imine (C=N–C) groups is 1. The smallest absolute Gasteiger partial charge is 0.329 e. The van der Waals surface area contributed by atoms with Crippen molar-refractivity contribution in [2.24, 2.45) is 10.9 Å². The van der Waals surface area contributed by atoms with Crippen LogP contribution in [0.5, 0.6) is 0 Å². The van der Waals surface area contributed by atoms with Crippen molar-refractivity contribution in [3.8, 4) is 0 Å². The Balaban J connectivity index is 1.61. The molecular formula is C29H44N4O5S3. The van der Waals surface area contributed by atoms with E-state index in [-0.39, 0.29) is 35.8 Å². The van der Waals surface area contributed by atoms with E-state index in [1.165, 1.54) is 54.1 Å². The number of fused-ring (bicyclic) bond motifs is 4. The molecule has 0 aromatic carbocycles. The van der Waals surface area contributed by atoms with Crippen molar-refractivity contribution in [1.29, 1.82) is 0 Å². The molecule has 2 aliphatic heterocycles. The molecule has 228 valence electrons. The van der Waals surface area contributed by atoms with Crippen molar-refractivity contribution in [3.05, 3.63) is 16.1 Å². The van der Waals surface area contributed by atoms with Crippen LogP contribution in [0, 0.1) is 5.92 Å². The van der Waals surface area contributed by atoms with E-state index in [0.29, 0.717) is 41.5 Å². The number of aromatic nitrogens is 1. The molecule has 2 unspecified atom stereocenters. The number of hydrogen-bond acceptors (Lipinski definition) is 10. The van der Waals surface area contributed by atoms with Crippen molar-refractivity contribution in [1.82, 2.24) is 15.6 Å². The molecule has 12 heteroatoms. The molecule has 2 aliphatic rings. The van der Waals surface area contributed by atoms with E-state index in [9.17, 15) is 19.2 Å². The summed E-state index contributed by atoms with van der Waals surface area (Å²) in [5.74, 6) is -0.182. The Morgan fingerprint density at radius 2 is 1.95 bits per heavy atom. The normalized spacial score (nSPS) is 23.6. The Labute approximate surface area is 256 Å². The standard InChI is InChI=1S/C29H44N4O5S3/c1-5-6-7-8-9-13-24(35)39-14-11-10-12-20-15-22(34)30-16-23-31-21(17-40-23)26-33-29(4,18-41-26)28(37)32-25(19(2)3)27(36)38-20/h17,19-20,25H,5-16,18H2,1-4H3,(H,30,34)(H,32,37)/t20?,25?,29-/m0/s1. The number of thioether (sulfide) groups is 2. The Morgan fingerprint density at radius 3 is 2.71 bits per heavy atom. The number of carbonyl (C=O) groups excluding carboxylic acids is 4. The molecule has 1 aromatic heterocycles. The van der Waals surface area contributed by atoms with Gasteiger partial charge in [-0.2, -0.15) is 0 Å². The van der Waals surface area contributed by atoms with Gasteiger partial charge < -0.3 is 15.4 Å². The number of amides is 2. The van der Waals surface area contributed by atoms with Gasteiger partial charge in [0.1, 0.15) is 33.4 Å². The highest BCUT2D eigenvalue weighted by molar-refractivity contribution is 8.14. The van der Waals surface area contributed by atoms with Crippen molar-refractivity contribution in [2.45, 2.75) is 116 Å². The molecule has 3 atom stereocenters. The summed E-state index contributed by atoms with van der Waals surface area (Å²) in [5.41, 5.74) is -0.328. The van der Waals surface area contributed by atoms with Gasteiger partial charge in [0.2, 0.25) is 11.8 Å². The minimum atomic E-state index is -1.02. The van der Waals surface area contributed by atoms with Crippen LogP contribution in [-0.2, 0) is 30.5 Å². The molecular weight excluding hydrogens is 581 g/mol. The molecule has 41 heavy (non-hydrogen) atoms. The van der Waals surface area contributed by atoms with Gasteiger partial charge in [-0.3, -0.25) is 19.4 Å². The number of nitrogens with zero attached hydrogens (tertiary/aromatic N) is 2. The number of nitrogens with one attached hydrogen (secondary N) is 2. The Morgan fingerprint density at radius 1 is 1.17 bits per heavy atom. The third-order valence-electron chi connectivity index (χ3n) is 7.11. The quantitative estimate of drug-likeness (QED) is 0.238. The molecule has 2 N–H and O–H groups in total. The monoisotopic (exact) mass is 624 g/mol. The first-order valence-electron chi connectivity index (χ1n) is 14.7. The van der Waals surface area contributed by atoms with E-state index in [1.807, 2.05) is 19.2 Å². The topological polar surface area (TPSA) is 127 Å². The second-order valence-electron chi connectivity index (χ2n) is 11.2. The maximum absolute atomic E-state index is 13.3. The molecule has 0 aliphatic carbocycles. The second-order valence-corrected chi connectivity index (χ2v) is 14.3. The molecule has 0 spiro atoms. The third-order valence-corrected chi connectivity index (χ3v) is 10.3. The molecule has 2 amide bonds. The second kappa shape index (κ2) is 16.6. The van der Waals surface area contributed by atoms with Crippen LogP contribution >= 0.6 is 34.9 Å². The van der Waals surface area contributed by atoms with Crippen molar-refractivity contribution in [2.75, 3.05) is 11.5 Å². The summed E-state index contributed by atoms with van der Waals surface area (Å²) in [5, 5.41) is 9.30. The lowest BCUT2D eigenvalue weighted by Crippen LogP contribution is -2.53. The summed E-state index contributed by atoms with van der Waals surface area (Å²) >= 11 is 4.25. The highest BCUT2D eigenvalue weighted by atomic mass is 32.2. The molecule has 0 fully saturated rings. The van der Waals surface area contributed by atoms with E-state index in [4.69, 9.17) is 4.74 Å². The van der Waals surface area contributed by atoms with Gasteiger partial charge in [0.05, 0.1) is 13.0 Å². The maximum atomic E-state index is 13.3. The van der Waals surface area contributed by atoms with E-state index in [0.717, 1.165) is 24.3 Å². The Bertz CT molecular complexity index is 1090. The average molecular weight is 625 g/mol. The molecule has 3 heterocycles. The van der Waals surface area contributed by atoms with Crippen LogP contribution in [0.15, 0.2) is 10.4 Å². The van der Waals surface area contributed by atoms with Crippen molar-refractivity contribution >= 4 is 62.8 Å². The molecule has 9 nitrogen and oxygen atoms in total. The minimum absolute atomic E-state index is 0.0207. The number of unbranched alkanes of at least 4 members (excludes halogenated alkanes) is 5. The highest BCUT2D eigenvalue weighted by Gasteiger charge is 2.41. The molecule has 0 saturated carbocycles. The van der Waals surface area contributed by atoms with Crippen LogP contribution in [0.2, 0.25) is 0 Å². The van der Waals surface area contributed by atoms with Gasteiger partial charge in [-0.1, -0.05) is 58.2 Å². The Kier molecular flexibility index (Phi) is 13.6. The number of cyclic esters (lactones) is 1.